The Bertz CT molecular complexity index is 814. The Balaban J connectivity index is 1.76. The van der Waals surface area contributed by atoms with E-state index in [1.54, 1.807) is 30.1 Å². The third-order valence-electron chi connectivity index (χ3n) is 3.48. The van der Waals surface area contributed by atoms with Crippen LogP contribution in [0.15, 0.2) is 54.7 Å². The molecule has 0 saturated heterocycles. The lowest BCUT2D eigenvalue weighted by Gasteiger charge is -2.11. The standard InChI is InChI=1S/C18H17FN2O2/c1-13-9-10-21(20-13)15-7-8-18(16(19)11-15)23-12-14-5-3-4-6-17(14)22-2/h3-11H,12H2,1-2H3. The molecule has 0 aliphatic carbocycles. The lowest BCUT2D eigenvalue weighted by molar-refractivity contribution is 0.282. The summed E-state index contributed by atoms with van der Waals surface area (Å²) in [6.45, 7) is 2.12. The van der Waals surface area contributed by atoms with Gasteiger partial charge in [0.2, 0.25) is 0 Å². The van der Waals surface area contributed by atoms with E-state index in [0.29, 0.717) is 5.69 Å². The summed E-state index contributed by atoms with van der Waals surface area (Å²) in [7, 11) is 1.60. The fourth-order valence-corrected chi connectivity index (χ4v) is 2.29. The molecule has 23 heavy (non-hydrogen) atoms. The van der Waals surface area contributed by atoms with E-state index in [2.05, 4.69) is 5.10 Å². The molecule has 4 nitrogen and oxygen atoms in total. The van der Waals surface area contributed by atoms with Crippen LogP contribution in [0.1, 0.15) is 11.3 Å². The third-order valence-corrected chi connectivity index (χ3v) is 3.48. The summed E-state index contributed by atoms with van der Waals surface area (Å²) in [6, 6.07) is 14.2. The van der Waals surface area contributed by atoms with Crippen molar-refractivity contribution in [2.75, 3.05) is 7.11 Å². The van der Waals surface area contributed by atoms with Crippen LogP contribution in [0.5, 0.6) is 11.5 Å². The fraction of sp³-hybridized carbons (Fsp3) is 0.167. The number of halogens is 1. The molecule has 0 aliphatic heterocycles. The molecule has 0 radical (unpaired) electrons. The van der Waals surface area contributed by atoms with Crippen molar-refractivity contribution in [3.63, 3.8) is 0 Å². The summed E-state index contributed by atoms with van der Waals surface area (Å²) in [5, 5.41) is 4.26. The molecule has 118 valence electrons. The molecular formula is C18H17FN2O2. The smallest absolute Gasteiger partial charge is 0.167 e. The van der Waals surface area contributed by atoms with E-state index in [0.717, 1.165) is 17.0 Å². The zero-order valence-corrected chi connectivity index (χ0v) is 13.0. The maximum absolute atomic E-state index is 14.2. The quantitative estimate of drug-likeness (QED) is 0.717. The van der Waals surface area contributed by atoms with Crippen molar-refractivity contribution in [1.29, 1.82) is 0 Å². The highest BCUT2D eigenvalue weighted by Gasteiger charge is 2.09. The second kappa shape index (κ2) is 6.52. The van der Waals surface area contributed by atoms with Gasteiger partial charge in [-0.15, -0.1) is 0 Å². The second-order valence-electron chi connectivity index (χ2n) is 5.12. The van der Waals surface area contributed by atoms with E-state index < -0.39 is 5.82 Å². The van der Waals surface area contributed by atoms with Crippen LogP contribution >= 0.6 is 0 Å². The van der Waals surface area contributed by atoms with Gasteiger partial charge in [0.05, 0.1) is 18.5 Å². The first-order valence-electron chi connectivity index (χ1n) is 7.24. The number of aryl methyl sites for hydroxylation is 1. The molecule has 0 fully saturated rings. The van der Waals surface area contributed by atoms with Crippen molar-refractivity contribution in [3.05, 3.63) is 71.8 Å². The Morgan fingerprint density at radius 2 is 1.91 bits per heavy atom. The summed E-state index contributed by atoms with van der Waals surface area (Å²) in [6.07, 6.45) is 1.79. The Hall–Kier alpha value is -2.82. The summed E-state index contributed by atoms with van der Waals surface area (Å²) in [5.41, 5.74) is 2.39. The highest BCUT2D eigenvalue weighted by Crippen LogP contribution is 2.24. The van der Waals surface area contributed by atoms with Gasteiger partial charge in [0.25, 0.3) is 0 Å². The molecule has 1 aromatic heterocycles. The number of hydrogen-bond acceptors (Lipinski definition) is 3. The summed E-state index contributed by atoms with van der Waals surface area (Å²) >= 11 is 0. The van der Waals surface area contributed by atoms with Crippen molar-refractivity contribution in [2.45, 2.75) is 13.5 Å². The number of benzene rings is 2. The van der Waals surface area contributed by atoms with Crippen LogP contribution in [0.2, 0.25) is 0 Å². The van der Waals surface area contributed by atoms with Gasteiger partial charge in [-0.1, -0.05) is 18.2 Å². The molecule has 0 atom stereocenters. The molecule has 0 bridgehead atoms. The van der Waals surface area contributed by atoms with E-state index in [9.17, 15) is 4.39 Å². The minimum absolute atomic E-state index is 0.198. The first-order chi connectivity index (χ1) is 11.2. The van der Waals surface area contributed by atoms with Gasteiger partial charge < -0.3 is 9.47 Å². The van der Waals surface area contributed by atoms with Gasteiger partial charge in [-0.05, 0) is 31.2 Å². The monoisotopic (exact) mass is 312 g/mol. The molecule has 0 saturated carbocycles. The van der Waals surface area contributed by atoms with Crippen molar-refractivity contribution in [3.8, 4) is 17.2 Å². The van der Waals surface area contributed by atoms with Crippen LogP contribution in [0.3, 0.4) is 0 Å². The van der Waals surface area contributed by atoms with Crippen LogP contribution < -0.4 is 9.47 Å². The number of aromatic nitrogens is 2. The normalized spacial score (nSPS) is 10.6. The maximum Gasteiger partial charge on any atom is 0.167 e. The molecule has 3 rings (SSSR count). The molecule has 0 spiro atoms. The van der Waals surface area contributed by atoms with E-state index in [1.165, 1.54) is 6.07 Å². The maximum atomic E-state index is 14.2. The summed E-state index contributed by atoms with van der Waals surface area (Å²) < 4.78 is 26.7. The number of para-hydroxylation sites is 1. The molecule has 0 amide bonds. The van der Waals surface area contributed by atoms with Gasteiger partial charge >= 0.3 is 0 Å². The van der Waals surface area contributed by atoms with E-state index in [-0.39, 0.29) is 12.4 Å². The minimum atomic E-state index is -0.425. The van der Waals surface area contributed by atoms with Crippen molar-refractivity contribution >= 4 is 0 Å². The number of methoxy groups -OCH3 is 1. The predicted molar refractivity (Wildman–Crippen MR) is 85.6 cm³/mol. The SMILES string of the molecule is COc1ccccc1COc1ccc(-n2ccc(C)n2)cc1F. The Morgan fingerprint density at radius 1 is 1.09 bits per heavy atom. The summed E-state index contributed by atoms with van der Waals surface area (Å²) in [5.74, 6) is 0.491. The van der Waals surface area contributed by atoms with Gasteiger partial charge in [0.15, 0.2) is 11.6 Å². The van der Waals surface area contributed by atoms with E-state index in [1.807, 2.05) is 37.3 Å². The second-order valence-corrected chi connectivity index (χ2v) is 5.12. The molecule has 0 unspecified atom stereocenters. The molecule has 3 aromatic rings. The molecular weight excluding hydrogens is 295 g/mol. The minimum Gasteiger partial charge on any atom is -0.496 e. The molecule has 0 aliphatic rings. The Labute approximate surface area is 134 Å². The Morgan fingerprint density at radius 3 is 2.61 bits per heavy atom. The van der Waals surface area contributed by atoms with E-state index >= 15 is 0 Å². The Kier molecular flexibility index (Phi) is 4.28. The van der Waals surface area contributed by atoms with Gasteiger partial charge in [-0.3, -0.25) is 0 Å². The lowest BCUT2D eigenvalue weighted by atomic mass is 10.2. The van der Waals surface area contributed by atoms with Crippen LogP contribution in [-0.2, 0) is 6.61 Å². The van der Waals surface area contributed by atoms with Crippen molar-refractivity contribution in [1.82, 2.24) is 9.78 Å². The highest BCUT2D eigenvalue weighted by atomic mass is 19.1. The number of ether oxygens (including phenoxy) is 2. The lowest BCUT2D eigenvalue weighted by Crippen LogP contribution is -2.01. The van der Waals surface area contributed by atoms with Gasteiger partial charge in [-0.25, -0.2) is 9.07 Å². The number of nitrogens with zero attached hydrogens (tertiary/aromatic N) is 2. The molecule has 1 heterocycles. The van der Waals surface area contributed by atoms with E-state index in [4.69, 9.17) is 9.47 Å². The van der Waals surface area contributed by atoms with Crippen LogP contribution in [0.4, 0.5) is 4.39 Å². The molecule has 5 heteroatoms. The first kappa shape index (κ1) is 15.1. The average molecular weight is 312 g/mol. The van der Waals surface area contributed by atoms with Gasteiger partial charge in [-0.2, -0.15) is 5.10 Å². The van der Waals surface area contributed by atoms with Crippen molar-refractivity contribution in [2.24, 2.45) is 0 Å². The van der Waals surface area contributed by atoms with Gasteiger partial charge in [0.1, 0.15) is 12.4 Å². The third kappa shape index (κ3) is 3.34. The van der Waals surface area contributed by atoms with Crippen LogP contribution in [0, 0.1) is 12.7 Å². The molecule has 0 N–H and O–H groups in total. The predicted octanol–water partition coefficient (Wildman–Crippen LogP) is 3.91. The fourth-order valence-electron chi connectivity index (χ4n) is 2.29. The topological polar surface area (TPSA) is 36.3 Å². The molecule has 2 aromatic carbocycles. The zero-order chi connectivity index (χ0) is 16.2. The first-order valence-corrected chi connectivity index (χ1v) is 7.24. The average Bonchev–Trinajstić information content (AvgIpc) is 3.00. The van der Waals surface area contributed by atoms with Gasteiger partial charge in [0, 0.05) is 17.8 Å². The van der Waals surface area contributed by atoms with Crippen LogP contribution in [-0.4, -0.2) is 16.9 Å². The number of rotatable bonds is 5. The highest BCUT2D eigenvalue weighted by molar-refractivity contribution is 5.39. The largest absolute Gasteiger partial charge is 0.496 e. The van der Waals surface area contributed by atoms with Crippen molar-refractivity contribution < 1.29 is 13.9 Å². The number of hydrogen-bond donors (Lipinski definition) is 0. The zero-order valence-electron chi connectivity index (χ0n) is 13.0. The summed E-state index contributed by atoms with van der Waals surface area (Å²) in [4.78, 5) is 0. The van der Waals surface area contributed by atoms with Crippen LogP contribution in [0.25, 0.3) is 5.69 Å².